The number of hydrogen-bond acceptors (Lipinski definition) is 9. The van der Waals surface area contributed by atoms with Crippen LogP contribution >= 0.6 is 24.0 Å². The normalized spacial score (nSPS) is 14.7. The van der Waals surface area contributed by atoms with Crippen LogP contribution in [0.1, 0.15) is 5.76 Å². The molecule has 0 radical (unpaired) electrons. The first-order valence-electron chi connectivity index (χ1n) is 9.23. The Hall–Kier alpha value is -4.03. The van der Waals surface area contributed by atoms with E-state index in [1.54, 1.807) is 24.3 Å². The van der Waals surface area contributed by atoms with Crippen molar-refractivity contribution in [3.05, 3.63) is 85.5 Å². The summed E-state index contributed by atoms with van der Waals surface area (Å²) in [6, 6.07) is 13.1. The van der Waals surface area contributed by atoms with Gasteiger partial charge in [0.15, 0.2) is 4.32 Å². The van der Waals surface area contributed by atoms with Crippen LogP contribution in [0.4, 0.5) is 17.1 Å². The van der Waals surface area contributed by atoms with Crippen LogP contribution in [0.2, 0.25) is 0 Å². The number of benzene rings is 2. The summed E-state index contributed by atoms with van der Waals surface area (Å²) < 4.78 is 11.0. The van der Waals surface area contributed by atoms with Crippen molar-refractivity contribution in [2.75, 3.05) is 12.0 Å². The van der Waals surface area contributed by atoms with Crippen LogP contribution in [0.15, 0.2) is 63.9 Å². The van der Waals surface area contributed by atoms with E-state index in [0.717, 1.165) is 11.8 Å². The van der Waals surface area contributed by atoms with Crippen LogP contribution in [-0.2, 0) is 4.79 Å². The van der Waals surface area contributed by atoms with Gasteiger partial charge in [0.2, 0.25) is 0 Å². The summed E-state index contributed by atoms with van der Waals surface area (Å²) in [4.78, 5) is 35.8. The molecular formula is C21H13N3O7S2. The van der Waals surface area contributed by atoms with Crippen molar-refractivity contribution >= 4 is 57.3 Å². The second-order valence-electron chi connectivity index (χ2n) is 6.64. The van der Waals surface area contributed by atoms with Gasteiger partial charge >= 0.3 is 0 Å². The second-order valence-corrected chi connectivity index (χ2v) is 8.31. The van der Waals surface area contributed by atoms with Gasteiger partial charge < -0.3 is 9.15 Å². The molecule has 0 aliphatic carbocycles. The summed E-state index contributed by atoms with van der Waals surface area (Å²) in [5, 5.41) is 22.5. The van der Waals surface area contributed by atoms with Crippen LogP contribution in [0, 0.1) is 20.2 Å². The van der Waals surface area contributed by atoms with E-state index in [0.29, 0.717) is 5.75 Å². The molecule has 12 heteroatoms. The van der Waals surface area contributed by atoms with E-state index in [2.05, 4.69) is 0 Å². The van der Waals surface area contributed by atoms with Crippen molar-refractivity contribution in [3.63, 3.8) is 0 Å². The van der Waals surface area contributed by atoms with E-state index >= 15 is 0 Å². The van der Waals surface area contributed by atoms with Crippen molar-refractivity contribution in [2.45, 2.75) is 0 Å². The topological polar surface area (TPSA) is 129 Å². The van der Waals surface area contributed by atoms with Gasteiger partial charge in [0.25, 0.3) is 17.3 Å². The third-order valence-electron chi connectivity index (χ3n) is 4.66. The fourth-order valence-electron chi connectivity index (χ4n) is 3.14. The maximum Gasteiger partial charge on any atom is 0.284 e. The lowest BCUT2D eigenvalue weighted by Gasteiger charge is -2.13. The van der Waals surface area contributed by atoms with Crippen molar-refractivity contribution < 1.29 is 23.8 Å². The number of amides is 1. The van der Waals surface area contributed by atoms with Gasteiger partial charge in [-0.2, -0.15) is 0 Å². The lowest BCUT2D eigenvalue weighted by atomic mass is 10.1. The van der Waals surface area contributed by atoms with E-state index in [9.17, 15) is 25.0 Å². The van der Waals surface area contributed by atoms with Crippen LogP contribution in [0.25, 0.3) is 17.4 Å². The number of non-ortho nitro benzene ring substituents is 1. The Balaban J connectivity index is 1.64. The first-order valence-corrected chi connectivity index (χ1v) is 10.5. The summed E-state index contributed by atoms with van der Waals surface area (Å²) in [6.45, 7) is 0. The Labute approximate surface area is 195 Å². The second kappa shape index (κ2) is 8.84. The number of ether oxygens (including phenoxy) is 1. The van der Waals surface area contributed by atoms with Gasteiger partial charge in [0.1, 0.15) is 17.3 Å². The molecule has 4 rings (SSSR count). The molecule has 2 aromatic carbocycles. The molecule has 1 fully saturated rings. The Bertz CT molecular complexity index is 1350. The Morgan fingerprint density at radius 3 is 2.58 bits per heavy atom. The number of nitro groups is 2. The zero-order chi connectivity index (χ0) is 23.7. The number of thioether (sulfide) groups is 1. The zero-order valence-corrected chi connectivity index (χ0v) is 18.4. The highest BCUT2D eigenvalue weighted by atomic mass is 32.2. The Morgan fingerprint density at radius 2 is 1.88 bits per heavy atom. The molecule has 0 saturated carbocycles. The highest BCUT2D eigenvalue weighted by Crippen LogP contribution is 2.38. The monoisotopic (exact) mass is 483 g/mol. The Kier molecular flexibility index (Phi) is 5.94. The molecule has 0 atom stereocenters. The van der Waals surface area contributed by atoms with E-state index in [4.69, 9.17) is 21.4 Å². The van der Waals surface area contributed by atoms with Gasteiger partial charge in [-0.15, -0.1) is 0 Å². The summed E-state index contributed by atoms with van der Waals surface area (Å²) in [6.07, 6.45) is 1.47. The van der Waals surface area contributed by atoms with Crippen LogP contribution in [0.5, 0.6) is 5.75 Å². The molecule has 0 bridgehead atoms. The molecule has 1 aliphatic heterocycles. The molecule has 10 nitrogen and oxygen atoms in total. The highest BCUT2D eigenvalue weighted by molar-refractivity contribution is 8.27. The quantitative estimate of drug-likeness (QED) is 0.201. The molecule has 166 valence electrons. The largest absolute Gasteiger partial charge is 0.497 e. The molecule has 2 heterocycles. The molecule has 0 N–H and O–H groups in total. The first kappa shape index (κ1) is 22.2. The Morgan fingerprint density at radius 1 is 1.09 bits per heavy atom. The number of methoxy groups -OCH3 is 1. The molecule has 0 unspecified atom stereocenters. The summed E-state index contributed by atoms with van der Waals surface area (Å²) in [5.41, 5.74) is 0.184. The molecule has 1 amide bonds. The predicted molar refractivity (Wildman–Crippen MR) is 126 cm³/mol. The van der Waals surface area contributed by atoms with Gasteiger partial charge in [-0.3, -0.25) is 29.9 Å². The van der Waals surface area contributed by atoms with Crippen molar-refractivity contribution in [1.29, 1.82) is 0 Å². The molecule has 3 aromatic rings. The third-order valence-corrected chi connectivity index (χ3v) is 5.96. The number of rotatable bonds is 6. The number of nitrogens with zero attached hydrogens (tertiary/aromatic N) is 3. The average molecular weight is 483 g/mol. The van der Waals surface area contributed by atoms with E-state index < -0.39 is 15.8 Å². The van der Waals surface area contributed by atoms with E-state index in [1.807, 2.05) is 0 Å². The maximum absolute atomic E-state index is 12.9. The van der Waals surface area contributed by atoms with Gasteiger partial charge in [0.05, 0.1) is 39.2 Å². The molecule has 1 aliphatic rings. The van der Waals surface area contributed by atoms with Gasteiger partial charge in [-0.25, -0.2) is 0 Å². The average Bonchev–Trinajstić information content (AvgIpc) is 3.37. The molecule has 0 spiro atoms. The number of anilines is 1. The fraction of sp³-hybridized carbons (Fsp3) is 0.0476. The summed E-state index contributed by atoms with van der Waals surface area (Å²) >= 11 is 6.31. The van der Waals surface area contributed by atoms with Gasteiger partial charge in [-0.05, 0) is 30.3 Å². The highest BCUT2D eigenvalue weighted by Gasteiger charge is 2.34. The number of hydrogen-bond donors (Lipinski definition) is 0. The van der Waals surface area contributed by atoms with Crippen molar-refractivity contribution in [1.82, 2.24) is 0 Å². The standard InChI is InChI=1S/C21H13N3O7S2/c1-30-14-5-7-16(17(10-14)24(28)29)18-8-6-15(31-18)11-19-20(25)22(21(32)33-19)12-3-2-4-13(9-12)23(26)27/h2-11H,1H3. The lowest BCUT2D eigenvalue weighted by Crippen LogP contribution is -2.27. The van der Waals surface area contributed by atoms with E-state index in [-0.39, 0.29) is 43.4 Å². The SMILES string of the molecule is COc1ccc(-c2ccc(C=C3SC(=S)N(c4cccc([N+](=O)[O-])c4)C3=O)o2)c([N+](=O)[O-])c1. The number of carbonyl (C=O) groups excluding carboxylic acids is 1. The zero-order valence-electron chi connectivity index (χ0n) is 16.8. The molecule has 33 heavy (non-hydrogen) atoms. The number of thiocarbonyl (C=S) groups is 1. The maximum atomic E-state index is 12.9. The summed E-state index contributed by atoms with van der Waals surface area (Å²) in [7, 11) is 1.41. The smallest absolute Gasteiger partial charge is 0.284 e. The minimum Gasteiger partial charge on any atom is -0.497 e. The minimum absolute atomic E-state index is 0.165. The third kappa shape index (κ3) is 4.33. The lowest BCUT2D eigenvalue weighted by molar-refractivity contribution is -0.384. The first-order chi connectivity index (χ1) is 15.8. The fourth-order valence-corrected chi connectivity index (χ4v) is 4.42. The number of furan rings is 1. The van der Waals surface area contributed by atoms with E-state index in [1.165, 1.54) is 48.4 Å². The van der Waals surface area contributed by atoms with Crippen LogP contribution < -0.4 is 9.64 Å². The predicted octanol–water partition coefficient (Wildman–Crippen LogP) is 5.18. The number of nitro benzene ring substituents is 2. The minimum atomic E-state index is -0.556. The van der Waals surface area contributed by atoms with Crippen molar-refractivity contribution in [2.24, 2.45) is 0 Å². The van der Waals surface area contributed by atoms with Crippen LogP contribution in [0.3, 0.4) is 0 Å². The van der Waals surface area contributed by atoms with Gasteiger partial charge in [0, 0.05) is 18.2 Å². The molecule has 1 aromatic heterocycles. The van der Waals surface area contributed by atoms with Crippen molar-refractivity contribution in [3.8, 4) is 17.1 Å². The molecule has 1 saturated heterocycles. The van der Waals surface area contributed by atoms with Gasteiger partial charge in [-0.1, -0.05) is 30.0 Å². The number of carbonyl (C=O) groups is 1. The summed E-state index contributed by atoms with van der Waals surface area (Å²) in [5.74, 6) is 0.403. The van der Waals surface area contributed by atoms with Crippen LogP contribution in [-0.4, -0.2) is 27.2 Å². The molecular weight excluding hydrogens is 470 g/mol.